The van der Waals surface area contributed by atoms with Crippen molar-refractivity contribution in [3.05, 3.63) is 27.1 Å². The molecule has 144 valence electrons. The van der Waals surface area contributed by atoms with E-state index in [1.54, 1.807) is 10.9 Å². The minimum absolute atomic E-state index is 0.0232. The van der Waals surface area contributed by atoms with Gasteiger partial charge in [0.15, 0.2) is 0 Å². The molecule has 2 heterocycles. The number of nitrogens with zero attached hydrogens (tertiary/aromatic N) is 3. The molecule has 0 aliphatic heterocycles. The van der Waals surface area contributed by atoms with Crippen molar-refractivity contribution in [3.63, 3.8) is 0 Å². The van der Waals surface area contributed by atoms with Crippen LogP contribution < -0.4 is 5.56 Å². The molecule has 0 aliphatic carbocycles. The third-order valence-corrected chi connectivity index (χ3v) is 5.90. The average molecular weight is 378 g/mol. The number of hydrogen-bond donors (Lipinski definition) is 0. The standard InChI is InChI=1S/C20H31N3O2S/c1-5-8-11-22(12-9-6-2)20(25)17-15(4)16-18(26-17)21-14-23(19(16)24)13-10-7-3/h14H,5-13H2,1-4H3. The molecule has 0 unspecified atom stereocenters. The number of aromatic nitrogens is 2. The second kappa shape index (κ2) is 9.86. The molecule has 2 aromatic rings. The van der Waals surface area contributed by atoms with Crippen molar-refractivity contribution in [2.24, 2.45) is 0 Å². The molecule has 0 radical (unpaired) electrons. The highest BCUT2D eigenvalue weighted by atomic mass is 32.1. The molecular weight excluding hydrogens is 346 g/mol. The topological polar surface area (TPSA) is 55.2 Å². The number of fused-ring (bicyclic) bond motifs is 1. The summed E-state index contributed by atoms with van der Waals surface area (Å²) < 4.78 is 1.67. The molecule has 5 nitrogen and oxygen atoms in total. The lowest BCUT2D eigenvalue weighted by molar-refractivity contribution is 0.0755. The van der Waals surface area contributed by atoms with Crippen LogP contribution in [0, 0.1) is 6.92 Å². The fourth-order valence-electron chi connectivity index (χ4n) is 3.01. The number of amides is 1. The van der Waals surface area contributed by atoms with Gasteiger partial charge in [-0.1, -0.05) is 40.0 Å². The van der Waals surface area contributed by atoms with E-state index in [9.17, 15) is 9.59 Å². The van der Waals surface area contributed by atoms with Crippen LogP contribution in [0.15, 0.2) is 11.1 Å². The molecule has 0 atom stereocenters. The van der Waals surface area contributed by atoms with Gasteiger partial charge >= 0.3 is 0 Å². The Bertz CT molecular complexity index is 786. The number of hydrogen-bond acceptors (Lipinski definition) is 4. The summed E-state index contributed by atoms with van der Waals surface area (Å²) in [5.74, 6) is 0.0481. The molecule has 6 heteroatoms. The zero-order valence-corrected chi connectivity index (χ0v) is 17.3. The third kappa shape index (κ3) is 4.53. The van der Waals surface area contributed by atoms with Gasteiger partial charge in [-0.15, -0.1) is 11.3 Å². The summed E-state index contributed by atoms with van der Waals surface area (Å²) in [5.41, 5.74) is 0.765. The Labute approximate surface area is 160 Å². The fraction of sp³-hybridized carbons (Fsp3) is 0.650. The zero-order valence-electron chi connectivity index (χ0n) is 16.5. The maximum absolute atomic E-state index is 13.1. The lowest BCUT2D eigenvalue weighted by Crippen LogP contribution is -2.32. The lowest BCUT2D eigenvalue weighted by Gasteiger charge is -2.22. The number of thiophene rings is 1. The molecule has 0 bridgehead atoms. The van der Waals surface area contributed by atoms with Gasteiger partial charge in [0.2, 0.25) is 0 Å². The average Bonchev–Trinajstić information content (AvgIpc) is 2.98. The first kappa shape index (κ1) is 20.6. The summed E-state index contributed by atoms with van der Waals surface area (Å²) >= 11 is 1.36. The van der Waals surface area contributed by atoms with E-state index in [1.807, 2.05) is 11.8 Å². The first-order valence-corrected chi connectivity index (χ1v) is 10.6. The molecule has 0 spiro atoms. The summed E-state index contributed by atoms with van der Waals surface area (Å²) in [5, 5.41) is 0.614. The Morgan fingerprint density at radius 2 is 1.73 bits per heavy atom. The van der Waals surface area contributed by atoms with Gasteiger partial charge in [0, 0.05) is 19.6 Å². The quantitative estimate of drug-likeness (QED) is 0.607. The molecule has 0 aromatic carbocycles. The number of carbonyl (C=O) groups is 1. The van der Waals surface area contributed by atoms with E-state index >= 15 is 0 Å². The Morgan fingerprint density at radius 3 is 2.31 bits per heavy atom. The SMILES string of the molecule is CCCCN(CCCC)C(=O)c1sc2ncn(CCCC)c(=O)c2c1C. The van der Waals surface area contributed by atoms with E-state index in [4.69, 9.17) is 0 Å². The van der Waals surface area contributed by atoms with Gasteiger partial charge in [-0.2, -0.15) is 0 Å². The largest absolute Gasteiger partial charge is 0.338 e. The summed E-state index contributed by atoms with van der Waals surface area (Å²) in [6, 6.07) is 0. The van der Waals surface area contributed by atoms with Gasteiger partial charge in [-0.05, 0) is 31.7 Å². The van der Waals surface area contributed by atoms with Crippen molar-refractivity contribution < 1.29 is 4.79 Å². The number of unbranched alkanes of at least 4 members (excludes halogenated alkanes) is 3. The van der Waals surface area contributed by atoms with Crippen molar-refractivity contribution in [1.82, 2.24) is 14.5 Å². The van der Waals surface area contributed by atoms with Gasteiger partial charge in [-0.25, -0.2) is 4.98 Å². The van der Waals surface area contributed by atoms with Crippen molar-refractivity contribution >= 4 is 27.5 Å². The minimum Gasteiger partial charge on any atom is -0.338 e. The Hall–Kier alpha value is -1.69. The molecule has 26 heavy (non-hydrogen) atoms. The highest BCUT2D eigenvalue weighted by Crippen LogP contribution is 2.28. The summed E-state index contributed by atoms with van der Waals surface area (Å²) in [7, 11) is 0. The predicted molar refractivity (Wildman–Crippen MR) is 109 cm³/mol. The van der Waals surface area contributed by atoms with Crippen LogP contribution in [0.2, 0.25) is 0 Å². The second-order valence-electron chi connectivity index (χ2n) is 6.83. The van der Waals surface area contributed by atoms with Crippen LogP contribution >= 0.6 is 11.3 Å². The molecule has 2 aromatic heterocycles. The Morgan fingerprint density at radius 1 is 1.12 bits per heavy atom. The van der Waals surface area contributed by atoms with Crippen molar-refractivity contribution in [3.8, 4) is 0 Å². The normalized spacial score (nSPS) is 11.2. The van der Waals surface area contributed by atoms with Gasteiger partial charge in [-0.3, -0.25) is 14.2 Å². The Balaban J connectivity index is 2.38. The third-order valence-electron chi connectivity index (χ3n) is 4.71. The molecule has 0 aliphatic rings. The molecule has 0 saturated carbocycles. The van der Waals surface area contributed by atoms with Crippen molar-refractivity contribution in [1.29, 1.82) is 0 Å². The van der Waals surface area contributed by atoms with Crippen molar-refractivity contribution in [2.75, 3.05) is 13.1 Å². The molecule has 0 N–H and O–H groups in total. The van der Waals surface area contributed by atoms with Gasteiger partial charge in [0.05, 0.1) is 16.6 Å². The predicted octanol–water partition coefficient (Wildman–Crippen LogP) is 4.61. The van der Waals surface area contributed by atoms with Gasteiger partial charge in [0.25, 0.3) is 11.5 Å². The minimum atomic E-state index is -0.0232. The summed E-state index contributed by atoms with van der Waals surface area (Å²) in [4.78, 5) is 33.7. The van der Waals surface area contributed by atoms with E-state index < -0.39 is 0 Å². The monoisotopic (exact) mass is 377 g/mol. The van der Waals surface area contributed by atoms with E-state index in [0.717, 1.165) is 57.2 Å². The number of rotatable bonds is 10. The number of aryl methyl sites for hydroxylation is 2. The molecule has 2 rings (SSSR count). The van der Waals surface area contributed by atoms with Gasteiger partial charge in [0.1, 0.15) is 4.83 Å². The van der Waals surface area contributed by atoms with E-state index in [-0.39, 0.29) is 11.5 Å². The van der Waals surface area contributed by atoms with Crippen LogP contribution in [0.3, 0.4) is 0 Å². The first-order chi connectivity index (χ1) is 12.5. The van der Waals surface area contributed by atoms with E-state index in [1.165, 1.54) is 11.3 Å². The molecule has 0 fully saturated rings. The maximum atomic E-state index is 13.1. The van der Waals surface area contributed by atoms with Crippen LogP contribution in [0.25, 0.3) is 10.2 Å². The number of carbonyl (C=O) groups excluding carboxylic acids is 1. The molecule has 0 saturated heterocycles. The van der Waals surface area contributed by atoms with Crippen LogP contribution in [-0.2, 0) is 6.54 Å². The lowest BCUT2D eigenvalue weighted by atomic mass is 10.2. The van der Waals surface area contributed by atoms with Crippen LogP contribution in [-0.4, -0.2) is 33.4 Å². The van der Waals surface area contributed by atoms with E-state index in [2.05, 4.69) is 25.8 Å². The smallest absolute Gasteiger partial charge is 0.264 e. The van der Waals surface area contributed by atoms with Crippen LogP contribution in [0.4, 0.5) is 0 Å². The highest BCUT2D eigenvalue weighted by molar-refractivity contribution is 7.20. The highest BCUT2D eigenvalue weighted by Gasteiger charge is 2.23. The summed E-state index contributed by atoms with van der Waals surface area (Å²) in [6.45, 7) is 10.5. The molecular formula is C20H31N3O2S. The van der Waals surface area contributed by atoms with E-state index in [0.29, 0.717) is 21.6 Å². The van der Waals surface area contributed by atoms with Gasteiger partial charge < -0.3 is 4.90 Å². The van der Waals surface area contributed by atoms with Crippen LogP contribution in [0.5, 0.6) is 0 Å². The summed E-state index contributed by atoms with van der Waals surface area (Å²) in [6.07, 6.45) is 7.72. The first-order valence-electron chi connectivity index (χ1n) is 9.82. The second-order valence-corrected chi connectivity index (χ2v) is 7.83. The Kier molecular flexibility index (Phi) is 7.82. The maximum Gasteiger partial charge on any atom is 0.264 e. The van der Waals surface area contributed by atoms with Crippen molar-refractivity contribution in [2.45, 2.75) is 72.8 Å². The van der Waals surface area contributed by atoms with Crippen LogP contribution in [0.1, 0.15) is 74.5 Å². The zero-order chi connectivity index (χ0) is 19.1. The molecule has 1 amide bonds. The fourth-order valence-corrected chi connectivity index (χ4v) is 4.11.